The molecule has 3 amide bonds. The number of nitrogens with one attached hydrogen (secondary N) is 3. The van der Waals surface area contributed by atoms with E-state index in [1.807, 2.05) is 0 Å². The number of rotatable bonds is 14. The van der Waals surface area contributed by atoms with Gasteiger partial charge in [-0.2, -0.15) is 4.73 Å². The van der Waals surface area contributed by atoms with Crippen molar-refractivity contribution in [3.63, 3.8) is 0 Å². The Balaban J connectivity index is 1.74. The molecule has 1 aromatic heterocycles. The fourth-order valence-electron chi connectivity index (χ4n) is 5.11. The average molecular weight is 710 g/mol. The minimum Gasteiger partial charge on any atom is -0.619 e. The molecule has 0 bridgehead atoms. The molecule has 16 heteroatoms. The molecule has 0 aliphatic carbocycles. The number of carbonyl (C=O) groups is 4. The summed E-state index contributed by atoms with van der Waals surface area (Å²) in [4.78, 5) is 53.0. The van der Waals surface area contributed by atoms with Crippen LogP contribution in [0.5, 0.6) is 0 Å². The number of carbonyl (C=O) groups excluding carboxylic acids is 4. The van der Waals surface area contributed by atoms with Crippen molar-refractivity contribution < 1.29 is 41.8 Å². The van der Waals surface area contributed by atoms with E-state index < -0.39 is 63.4 Å². The number of sulfonamides is 1. The van der Waals surface area contributed by atoms with Crippen LogP contribution in [0.15, 0.2) is 42.6 Å². The zero-order chi connectivity index (χ0) is 35.6. The molecule has 48 heavy (non-hydrogen) atoms. The number of likely N-dealkylation sites (tertiary alicyclic amines) is 1. The largest absolute Gasteiger partial charge is 0.619 e. The van der Waals surface area contributed by atoms with Crippen molar-refractivity contribution in [2.45, 2.75) is 97.2 Å². The highest BCUT2D eigenvalue weighted by atomic mass is 35.5. The third-order valence-electron chi connectivity index (χ3n) is 7.17. The first-order valence-electron chi connectivity index (χ1n) is 15.6. The number of pyridine rings is 1. The summed E-state index contributed by atoms with van der Waals surface area (Å²) in [6.45, 7) is 8.75. The van der Waals surface area contributed by atoms with Gasteiger partial charge in [-0.3, -0.25) is 14.4 Å². The smallest absolute Gasteiger partial charge is 0.407 e. The van der Waals surface area contributed by atoms with Crippen molar-refractivity contribution in [3.05, 3.63) is 69.6 Å². The molecule has 0 radical (unpaired) electrons. The second-order valence-electron chi connectivity index (χ2n) is 12.7. The van der Waals surface area contributed by atoms with E-state index in [9.17, 15) is 32.8 Å². The Kier molecular flexibility index (Phi) is 13.6. The van der Waals surface area contributed by atoms with Crippen LogP contribution in [0.3, 0.4) is 0 Å². The lowest BCUT2D eigenvalue weighted by Crippen LogP contribution is -2.54. The van der Waals surface area contributed by atoms with E-state index in [1.165, 1.54) is 11.1 Å². The van der Waals surface area contributed by atoms with Crippen LogP contribution in [0.4, 0.5) is 4.79 Å². The lowest BCUT2D eigenvalue weighted by molar-refractivity contribution is -0.614. The van der Waals surface area contributed by atoms with E-state index >= 15 is 0 Å². The number of aryl methyl sites for hydroxylation is 1. The number of ether oxygens (including phenoxy) is 2. The predicted molar refractivity (Wildman–Crippen MR) is 177 cm³/mol. The quantitative estimate of drug-likeness (QED) is 0.150. The van der Waals surface area contributed by atoms with Gasteiger partial charge in [0.15, 0.2) is 17.6 Å². The van der Waals surface area contributed by atoms with Gasteiger partial charge in [-0.25, -0.2) is 17.9 Å². The number of halogens is 1. The number of nitrogens with zero attached hydrogens (tertiary/aromatic N) is 2. The van der Waals surface area contributed by atoms with Gasteiger partial charge in [0.05, 0.1) is 6.10 Å². The van der Waals surface area contributed by atoms with Crippen molar-refractivity contribution in [2.75, 3.05) is 12.3 Å². The topological polar surface area (TPSA) is 187 Å². The van der Waals surface area contributed by atoms with Crippen LogP contribution in [0, 0.1) is 5.21 Å². The molecule has 264 valence electrons. The summed E-state index contributed by atoms with van der Waals surface area (Å²) in [5.41, 5.74) is 0.953. The molecule has 1 fully saturated rings. The summed E-state index contributed by atoms with van der Waals surface area (Å²) < 4.78 is 39.1. The fourth-order valence-corrected chi connectivity index (χ4v) is 6.42. The van der Waals surface area contributed by atoms with Gasteiger partial charge in [-0.15, -0.1) is 0 Å². The van der Waals surface area contributed by atoms with Gasteiger partial charge >= 0.3 is 12.1 Å². The molecule has 2 heterocycles. The van der Waals surface area contributed by atoms with Crippen LogP contribution in [0.2, 0.25) is 5.02 Å². The molecule has 1 saturated heterocycles. The monoisotopic (exact) mass is 709 g/mol. The average Bonchev–Trinajstić information content (AvgIpc) is 3.46. The standard InChI is InChI=1S/C32H44ClN5O9S/c1-21(2)46-28(39)20-48(44,45)36-26(14-13-25-9-6-7-16-38(25)43)30(41)37-15-8-10-27(37)29(40)34-19-23-17-24(33)12-11-22(23)18-35-31(42)47-32(3,4)5/h6-7,9,11-12,16-17,21,26-27,36H,8,10,13-15,18-20H2,1-5H3,(H,34,40)(H,35,42)/t26-,27+/m1/s1. The zero-order valence-electron chi connectivity index (χ0n) is 27.8. The van der Waals surface area contributed by atoms with E-state index in [2.05, 4.69) is 15.4 Å². The van der Waals surface area contributed by atoms with Crippen molar-refractivity contribution in [2.24, 2.45) is 0 Å². The highest BCUT2D eigenvalue weighted by Crippen LogP contribution is 2.22. The lowest BCUT2D eigenvalue weighted by Gasteiger charge is -2.28. The van der Waals surface area contributed by atoms with Crippen LogP contribution in [-0.2, 0) is 53.4 Å². The normalized spacial score (nSPS) is 15.6. The summed E-state index contributed by atoms with van der Waals surface area (Å²) in [6.07, 6.45) is 0.906. The first-order chi connectivity index (χ1) is 22.4. The molecule has 0 saturated carbocycles. The third kappa shape index (κ3) is 12.3. The first kappa shape index (κ1) is 38.5. The molecular weight excluding hydrogens is 666 g/mol. The molecule has 3 N–H and O–H groups in total. The number of hydrogen-bond acceptors (Lipinski definition) is 9. The maximum atomic E-state index is 13.9. The second-order valence-corrected chi connectivity index (χ2v) is 14.9. The Morgan fingerprint density at radius 1 is 1.08 bits per heavy atom. The summed E-state index contributed by atoms with van der Waals surface area (Å²) in [7, 11) is -4.34. The first-order valence-corrected chi connectivity index (χ1v) is 17.7. The van der Waals surface area contributed by atoms with Gasteiger partial charge in [0.25, 0.3) is 0 Å². The third-order valence-corrected chi connectivity index (χ3v) is 8.66. The Morgan fingerprint density at radius 2 is 1.79 bits per heavy atom. The highest BCUT2D eigenvalue weighted by Gasteiger charge is 2.39. The Morgan fingerprint density at radius 3 is 2.46 bits per heavy atom. The van der Waals surface area contributed by atoms with Gasteiger partial charge in [0.1, 0.15) is 17.7 Å². The maximum Gasteiger partial charge on any atom is 0.407 e. The van der Waals surface area contributed by atoms with Crippen LogP contribution in [-0.4, -0.2) is 73.3 Å². The SMILES string of the molecule is CC(C)OC(=O)CS(=O)(=O)N[C@H](CCc1cccc[n+]1[O-])C(=O)N1CCC[C@H]1C(=O)NCc1cc(Cl)ccc1CNC(=O)OC(C)(C)C. The minimum atomic E-state index is -4.34. The summed E-state index contributed by atoms with van der Waals surface area (Å²) in [5.74, 6) is -3.11. The molecule has 1 aliphatic rings. The van der Waals surface area contributed by atoms with Crippen molar-refractivity contribution in [1.29, 1.82) is 0 Å². The molecule has 0 unspecified atom stereocenters. The van der Waals surface area contributed by atoms with Crippen molar-refractivity contribution in [1.82, 2.24) is 20.3 Å². The van der Waals surface area contributed by atoms with E-state index in [-0.39, 0.29) is 32.5 Å². The number of amides is 3. The minimum absolute atomic E-state index is 0.0365. The van der Waals surface area contributed by atoms with E-state index in [0.717, 1.165) is 0 Å². The van der Waals surface area contributed by atoms with Crippen molar-refractivity contribution in [3.8, 4) is 0 Å². The van der Waals surface area contributed by atoms with E-state index in [1.54, 1.807) is 71.0 Å². The van der Waals surface area contributed by atoms with Crippen LogP contribution in [0.1, 0.15) is 70.7 Å². The van der Waals surface area contributed by atoms with Crippen LogP contribution < -0.4 is 20.1 Å². The van der Waals surface area contributed by atoms with E-state index in [0.29, 0.717) is 39.4 Å². The lowest BCUT2D eigenvalue weighted by atomic mass is 10.1. The summed E-state index contributed by atoms with van der Waals surface area (Å²) in [5, 5.41) is 18.2. The molecule has 3 rings (SSSR count). The maximum absolute atomic E-state index is 13.9. The molecular formula is C32H44ClN5O9S. The molecule has 14 nitrogen and oxygen atoms in total. The molecule has 1 aliphatic heterocycles. The summed E-state index contributed by atoms with van der Waals surface area (Å²) >= 11 is 6.22. The van der Waals surface area contributed by atoms with Gasteiger partial charge < -0.3 is 30.2 Å². The molecule has 0 spiro atoms. The number of aromatic nitrogens is 1. The number of benzene rings is 1. The van der Waals surface area contributed by atoms with Crippen molar-refractivity contribution >= 4 is 45.5 Å². The summed E-state index contributed by atoms with van der Waals surface area (Å²) in [6, 6.07) is 7.51. The Labute approximate surface area is 286 Å². The molecule has 2 aromatic rings. The number of alkyl carbamates (subject to hydrolysis) is 1. The second kappa shape index (κ2) is 16.9. The number of esters is 1. The number of hydrogen-bond donors (Lipinski definition) is 3. The van der Waals surface area contributed by atoms with Gasteiger partial charge in [0.2, 0.25) is 21.8 Å². The fraction of sp³-hybridized carbons (Fsp3) is 0.531. The predicted octanol–water partition coefficient (Wildman–Crippen LogP) is 2.48. The Bertz CT molecular complexity index is 1580. The Hall–Kier alpha value is -3.95. The van der Waals surface area contributed by atoms with E-state index in [4.69, 9.17) is 21.1 Å². The van der Waals surface area contributed by atoms with Gasteiger partial charge in [-0.05, 0) is 77.1 Å². The van der Waals surface area contributed by atoms with Gasteiger partial charge in [-0.1, -0.05) is 23.7 Å². The van der Waals surface area contributed by atoms with Crippen LogP contribution in [0.25, 0.3) is 0 Å². The van der Waals surface area contributed by atoms with Crippen LogP contribution >= 0.6 is 11.6 Å². The highest BCUT2D eigenvalue weighted by molar-refractivity contribution is 7.90. The molecule has 2 atom stereocenters. The molecule has 1 aromatic carbocycles. The zero-order valence-corrected chi connectivity index (χ0v) is 29.4. The van der Waals surface area contributed by atoms with Gasteiger partial charge in [0, 0.05) is 43.2 Å².